The SMILES string of the molecule is FC(F)Oc1ccc(CNc2ccnc3cc(C(F)(F)F)ccc23)nc1. The molecule has 0 bridgehead atoms. The fraction of sp³-hybridized carbons (Fsp3) is 0.176. The van der Waals surface area contributed by atoms with Gasteiger partial charge >= 0.3 is 12.8 Å². The van der Waals surface area contributed by atoms with Gasteiger partial charge in [-0.1, -0.05) is 6.07 Å². The molecule has 2 heterocycles. The first-order valence-corrected chi connectivity index (χ1v) is 7.42. The molecule has 0 aliphatic carbocycles. The van der Waals surface area contributed by atoms with Gasteiger partial charge in [0.25, 0.3) is 0 Å². The highest BCUT2D eigenvalue weighted by molar-refractivity contribution is 5.91. The van der Waals surface area contributed by atoms with Gasteiger partial charge in [0.05, 0.1) is 29.5 Å². The molecule has 0 atom stereocenters. The summed E-state index contributed by atoms with van der Waals surface area (Å²) in [5, 5.41) is 3.58. The molecule has 0 radical (unpaired) electrons. The molecule has 0 amide bonds. The third-order valence-electron chi connectivity index (χ3n) is 3.55. The van der Waals surface area contributed by atoms with Crippen LogP contribution in [0.5, 0.6) is 5.75 Å². The lowest BCUT2D eigenvalue weighted by Crippen LogP contribution is -2.06. The zero-order chi connectivity index (χ0) is 18.7. The van der Waals surface area contributed by atoms with Gasteiger partial charge in [0.15, 0.2) is 0 Å². The Kier molecular flexibility index (Phi) is 4.88. The maximum atomic E-state index is 12.8. The Balaban J connectivity index is 1.76. The minimum atomic E-state index is -4.44. The minimum Gasteiger partial charge on any atom is -0.433 e. The van der Waals surface area contributed by atoms with Gasteiger partial charge in [-0.05, 0) is 30.3 Å². The molecule has 0 aliphatic rings. The van der Waals surface area contributed by atoms with Crippen molar-refractivity contribution in [3.05, 3.63) is 60.0 Å². The van der Waals surface area contributed by atoms with Crippen molar-refractivity contribution in [1.82, 2.24) is 9.97 Å². The highest BCUT2D eigenvalue weighted by Crippen LogP contribution is 2.32. The largest absolute Gasteiger partial charge is 0.433 e. The van der Waals surface area contributed by atoms with Crippen LogP contribution < -0.4 is 10.1 Å². The third-order valence-corrected chi connectivity index (χ3v) is 3.55. The number of hydrogen-bond acceptors (Lipinski definition) is 4. The molecule has 26 heavy (non-hydrogen) atoms. The lowest BCUT2D eigenvalue weighted by molar-refractivity contribution is -0.137. The summed E-state index contributed by atoms with van der Waals surface area (Å²) in [5.41, 5.74) is 0.561. The van der Waals surface area contributed by atoms with Crippen LogP contribution in [0.3, 0.4) is 0 Å². The van der Waals surface area contributed by atoms with Crippen LogP contribution >= 0.6 is 0 Å². The molecule has 3 aromatic rings. The molecule has 2 aromatic heterocycles. The second-order valence-corrected chi connectivity index (χ2v) is 5.31. The molecule has 4 nitrogen and oxygen atoms in total. The van der Waals surface area contributed by atoms with Crippen LogP contribution in [-0.4, -0.2) is 16.6 Å². The molecular formula is C17H12F5N3O. The van der Waals surface area contributed by atoms with Crippen LogP contribution in [0, 0.1) is 0 Å². The van der Waals surface area contributed by atoms with Gasteiger partial charge in [0.2, 0.25) is 0 Å². The predicted octanol–water partition coefficient (Wildman–Crippen LogP) is 4.86. The molecule has 1 N–H and O–H groups in total. The van der Waals surface area contributed by atoms with Crippen molar-refractivity contribution in [2.24, 2.45) is 0 Å². The third kappa shape index (κ3) is 4.16. The molecule has 0 aliphatic heterocycles. The Morgan fingerprint density at radius 1 is 1.04 bits per heavy atom. The first-order chi connectivity index (χ1) is 12.3. The number of ether oxygens (including phenoxy) is 1. The van der Waals surface area contributed by atoms with E-state index in [2.05, 4.69) is 20.0 Å². The average Bonchev–Trinajstić information content (AvgIpc) is 2.59. The number of anilines is 1. The van der Waals surface area contributed by atoms with E-state index in [9.17, 15) is 22.0 Å². The number of aromatic nitrogens is 2. The summed E-state index contributed by atoms with van der Waals surface area (Å²) < 4.78 is 66.8. The summed E-state index contributed by atoms with van der Waals surface area (Å²) in [7, 11) is 0. The quantitative estimate of drug-likeness (QED) is 0.653. The second kappa shape index (κ2) is 7.11. The lowest BCUT2D eigenvalue weighted by atomic mass is 10.1. The maximum Gasteiger partial charge on any atom is 0.416 e. The Hall–Kier alpha value is -2.97. The van der Waals surface area contributed by atoms with E-state index in [1.165, 1.54) is 30.6 Å². The number of halogens is 5. The molecule has 1 aromatic carbocycles. The molecule has 0 unspecified atom stereocenters. The van der Waals surface area contributed by atoms with E-state index in [1.807, 2.05) is 0 Å². The van der Waals surface area contributed by atoms with Crippen molar-refractivity contribution in [2.75, 3.05) is 5.32 Å². The van der Waals surface area contributed by atoms with Gasteiger partial charge in [-0.2, -0.15) is 22.0 Å². The Morgan fingerprint density at radius 2 is 1.85 bits per heavy atom. The van der Waals surface area contributed by atoms with Crippen molar-refractivity contribution in [1.29, 1.82) is 0 Å². The van der Waals surface area contributed by atoms with Gasteiger partial charge in [-0.25, -0.2) is 0 Å². The molecule has 0 saturated heterocycles. The number of alkyl halides is 5. The van der Waals surface area contributed by atoms with Crippen LogP contribution in [0.25, 0.3) is 10.9 Å². The maximum absolute atomic E-state index is 12.8. The zero-order valence-electron chi connectivity index (χ0n) is 13.1. The van der Waals surface area contributed by atoms with Crippen LogP contribution in [0.15, 0.2) is 48.8 Å². The standard InChI is InChI=1S/C17H12F5N3O/c18-16(19)26-12-3-2-11(24-9-12)8-25-14-5-6-23-15-7-10(17(20,21)22)1-4-13(14)15/h1-7,9,16H,8H2,(H,23,25). The summed E-state index contributed by atoms with van der Waals surface area (Å²) in [6, 6.07) is 7.82. The van der Waals surface area contributed by atoms with Crippen LogP contribution in [0.1, 0.15) is 11.3 Å². The fourth-order valence-electron chi connectivity index (χ4n) is 2.35. The Bertz CT molecular complexity index is 897. The van der Waals surface area contributed by atoms with E-state index in [-0.39, 0.29) is 17.8 Å². The van der Waals surface area contributed by atoms with E-state index in [4.69, 9.17) is 0 Å². The second-order valence-electron chi connectivity index (χ2n) is 5.31. The van der Waals surface area contributed by atoms with Crippen molar-refractivity contribution in [3.8, 4) is 5.75 Å². The molecule has 0 spiro atoms. The number of hydrogen-bond donors (Lipinski definition) is 1. The molecule has 9 heteroatoms. The monoisotopic (exact) mass is 369 g/mol. The Morgan fingerprint density at radius 3 is 2.50 bits per heavy atom. The molecule has 0 saturated carbocycles. The smallest absolute Gasteiger partial charge is 0.416 e. The zero-order valence-corrected chi connectivity index (χ0v) is 13.1. The molecule has 0 fully saturated rings. The van der Waals surface area contributed by atoms with E-state index >= 15 is 0 Å². The molecule has 136 valence electrons. The first-order valence-electron chi connectivity index (χ1n) is 7.42. The van der Waals surface area contributed by atoms with Crippen molar-refractivity contribution in [2.45, 2.75) is 19.3 Å². The van der Waals surface area contributed by atoms with Gasteiger partial charge in [0, 0.05) is 17.3 Å². The summed E-state index contributed by atoms with van der Waals surface area (Å²) in [6.45, 7) is -2.68. The number of nitrogens with zero attached hydrogens (tertiary/aromatic N) is 2. The number of fused-ring (bicyclic) bond motifs is 1. The predicted molar refractivity (Wildman–Crippen MR) is 84.9 cm³/mol. The summed E-state index contributed by atoms with van der Waals surface area (Å²) in [5.74, 6) is -0.0576. The number of benzene rings is 1. The van der Waals surface area contributed by atoms with Crippen LogP contribution in [-0.2, 0) is 12.7 Å². The Labute approximate surface area is 144 Å². The number of pyridine rings is 2. The highest BCUT2D eigenvalue weighted by Gasteiger charge is 2.30. The summed E-state index contributed by atoms with van der Waals surface area (Å²) >= 11 is 0. The fourth-order valence-corrected chi connectivity index (χ4v) is 2.35. The van der Waals surface area contributed by atoms with Gasteiger partial charge in [0.1, 0.15) is 5.75 Å². The number of rotatable bonds is 5. The van der Waals surface area contributed by atoms with Crippen molar-refractivity contribution in [3.63, 3.8) is 0 Å². The van der Waals surface area contributed by atoms with E-state index in [0.717, 1.165) is 12.1 Å². The van der Waals surface area contributed by atoms with Gasteiger partial charge in [-0.3, -0.25) is 9.97 Å². The van der Waals surface area contributed by atoms with Crippen molar-refractivity contribution < 1.29 is 26.7 Å². The van der Waals surface area contributed by atoms with Gasteiger partial charge < -0.3 is 10.1 Å². The minimum absolute atomic E-state index is 0.0576. The lowest BCUT2D eigenvalue weighted by Gasteiger charge is -2.12. The van der Waals surface area contributed by atoms with Crippen LogP contribution in [0.4, 0.5) is 27.6 Å². The average molecular weight is 369 g/mol. The number of nitrogens with one attached hydrogen (secondary N) is 1. The van der Waals surface area contributed by atoms with Gasteiger partial charge in [-0.15, -0.1) is 0 Å². The van der Waals surface area contributed by atoms with E-state index in [0.29, 0.717) is 16.8 Å². The van der Waals surface area contributed by atoms with E-state index in [1.54, 1.807) is 6.07 Å². The summed E-state index contributed by atoms with van der Waals surface area (Å²) in [4.78, 5) is 7.96. The van der Waals surface area contributed by atoms with Crippen molar-refractivity contribution >= 4 is 16.6 Å². The normalized spacial score (nSPS) is 11.8. The van der Waals surface area contributed by atoms with E-state index < -0.39 is 18.4 Å². The summed E-state index contributed by atoms with van der Waals surface area (Å²) in [6.07, 6.45) is -1.87. The first kappa shape index (κ1) is 17.8. The highest BCUT2D eigenvalue weighted by atomic mass is 19.4. The molecule has 3 rings (SSSR count). The topological polar surface area (TPSA) is 47.0 Å². The van der Waals surface area contributed by atoms with Crippen LogP contribution in [0.2, 0.25) is 0 Å². The molecular weight excluding hydrogens is 357 g/mol.